The summed E-state index contributed by atoms with van der Waals surface area (Å²) in [6, 6.07) is 14.7. The number of nitrogens with zero attached hydrogens (tertiary/aromatic N) is 3. The van der Waals surface area contributed by atoms with Crippen molar-refractivity contribution >= 4 is 10.0 Å². The Morgan fingerprint density at radius 1 is 1.12 bits per heavy atom. The molecule has 0 bridgehead atoms. The van der Waals surface area contributed by atoms with Crippen molar-refractivity contribution in [1.29, 1.82) is 0 Å². The van der Waals surface area contributed by atoms with E-state index in [4.69, 9.17) is 9.26 Å². The monoisotopic (exact) mass is 455 g/mol. The van der Waals surface area contributed by atoms with Crippen LogP contribution < -0.4 is 4.74 Å². The molecule has 4 rings (SSSR count). The number of rotatable bonds is 7. The fraction of sp³-hybridized carbons (Fsp3) is 0.417. The molecule has 1 saturated heterocycles. The largest absolute Gasteiger partial charge is 0.494 e. The molecule has 0 amide bonds. The lowest BCUT2D eigenvalue weighted by Gasteiger charge is -2.30. The van der Waals surface area contributed by atoms with Crippen LogP contribution in [0.2, 0.25) is 0 Å². The van der Waals surface area contributed by atoms with Gasteiger partial charge in [-0.1, -0.05) is 31.1 Å². The molecule has 0 aliphatic carbocycles. The van der Waals surface area contributed by atoms with E-state index in [1.165, 1.54) is 4.31 Å². The third kappa shape index (κ3) is 4.71. The molecule has 170 valence electrons. The van der Waals surface area contributed by atoms with Gasteiger partial charge >= 0.3 is 0 Å². The Balaban J connectivity index is 1.49. The van der Waals surface area contributed by atoms with E-state index in [1.54, 1.807) is 12.1 Å². The van der Waals surface area contributed by atoms with Gasteiger partial charge in [0, 0.05) is 18.7 Å². The quantitative estimate of drug-likeness (QED) is 0.507. The summed E-state index contributed by atoms with van der Waals surface area (Å²) in [6.07, 6.45) is 1.55. The Hall–Kier alpha value is -2.71. The zero-order valence-electron chi connectivity index (χ0n) is 18.7. The highest BCUT2D eigenvalue weighted by Crippen LogP contribution is 2.31. The fourth-order valence-electron chi connectivity index (χ4n) is 3.92. The van der Waals surface area contributed by atoms with Crippen molar-refractivity contribution in [2.45, 2.75) is 50.3 Å². The molecular weight excluding hydrogens is 426 g/mol. The normalized spacial score (nSPS) is 17.6. The fourth-order valence-corrected chi connectivity index (χ4v) is 5.45. The van der Waals surface area contributed by atoms with Crippen LogP contribution in [0.4, 0.5) is 0 Å². The maximum Gasteiger partial charge on any atom is 0.243 e. The van der Waals surface area contributed by atoms with Gasteiger partial charge in [0.05, 0.1) is 17.4 Å². The van der Waals surface area contributed by atoms with E-state index in [2.05, 4.69) is 24.0 Å². The van der Waals surface area contributed by atoms with Crippen LogP contribution in [0.25, 0.3) is 11.4 Å². The summed E-state index contributed by atoms with van der Waals surface area (Å²) >= 11 is 0. The lowest BCUT2D eigenvalue weighted by Crippen LogP contribution is -2.39. The summed E-state index contributed by atoms with van der Waals surface area (Å²) in [6.45, 7) is 7.54. The minimum Gasteiger partial charge on any atom is -0.494 e. The molecule has 2 aromatic carbocycles. The molecule has 32 heavy (non-hydrogen) atoms. The summed E-state index contributed by atoms with van der Waals surface area (Å²) in [5.74, 6) is 1.98. The molecule has 1 atom stereocenters. The van der Waals surface area contributed by atoms with E-state index in [9.17, 15) is 8.42 Å². The first-order valence-corrected chi connectivity index (χ1v) is 12.5. The zero-order valence-corrected chi connectivity index (χ0v) is 19.5. The van der Waals surface area contributed by atoms with E-state index in [0.29, 0.717) is 42.2 Å². The number of hydrogen-bond acceptors (Lipinski definition) is 6. The van der Waals surface area contributed by atoms with Gasteiger partial charge in [0.2, 0.25) is 21.7 Å². The van der Waals surface area contributed by atoms with E-state index in [0.717, 1.165) is 29.7 Å². The first-order chi connectivity index (χ1) is 15.4. The van der Waals surface area contributed by atoms with Crippen molar-refractivity contribution in [3.05, 3.63) is 60.0 Å². The number of sulfonamides is 1. The molecule has 3 aromatic rings. The van der Waals surface area contributed by atoms with Gasteiger partial charge in [-0.2, -0.15) is 9.29 Å². The molecule has 0 radical (unpaired) electrons. The van der Waals surface area contributed by atoms with Crippen molar-refractivity contribution in [2.75, 3.05) is 19.7 Å². The molecule has 7 nitrogen and oxygen atoms in total. The molecular formula is C24H29N3O4S. The Labute approximate surface area is 189 Å². The summed E-state index contributed by atoms with van der Waals surface area (Å²) in [7, 11) is -3.57. The predicted octanol–water partition coefficient (Wildman–Crippen LogP) is 4.83. The minimum atomic E-state index is -3.57. The molecule has 0 spiro atoms. The molecule has 2 heterocycles. The number of hydrogen-bond donors (Lipinski definition) is 0. The van der Waals surface area contributed by atoms with Crippen molar-refractivity contribution in [2.24, 2.45) is 0 Å². The lowest BCUT2D eigenvalue weighted by atomic mass is 10.00. The van der Waals surface area contributed by atoms with Gasteiger partial charge in [-0.3, -0.25) is 0 Å². The molecule has 1 aliphatic rings. The smallest absolute Gasteiger partial charge is 0.243 e. The second-order valence-corrected chi connectivity index (χ2v) is 10.3. The molecule has 8 heteroatoms. The van der Waals surface area contributed by atoms with E-state index < -0.39 is 10.0 Å². The second-order valence-electron chi connectivity index (χ2n) is 8.34. The Morgan fingerprint density at radius 2 is 1.84 bits per heavy atom. The standard InChI is InChI=1S/C24H29N3O4S/c1-4-30-21-11-7-19(8-12-21)23-25-24(31-26-23)20-6-5-15-27(16-20)32(28,29)22-13-9-18(10-14-22)17(2)3/h7-14,17,20H,4-6,15-16H2,1-3H3/t20-/m0/s1. The van der Waals surface area contributed by atoms with Crippen molar-refractivity contribution in [3.63, 3.8) is 0 Å². The Morgan fingerprint density at radius 3 is 2.50 bits per heavy atom. The topological polar surface area (TPSA) is 85.5 Å². The van der Waals surface area contributed by atoms with Gasteiger partial charge < -0.3 is 9.26 Å². The van der Waals surface area contributed by atoms with E-state index in [-0.39, 0.29) is 5.92 Å². The summed E-state index contributed by atoms with van der Waals surface area (Å²) in [5, 5.41) is 4.11. The minimum absolute atomic E-state index is 0.127. The highest BCUT2D eigenvalue weighted by Gasteiger charge is 2.33. The van der Waals surface area contributed by atoms with Crippen LogP contribution >= 0.6 is 0 Å². The highest BCUT2D eigenvalue weighted by atomic mass is 32.2. The Kier molecular flexibility index (Phi) is 6.62. The van der Waals surface area contributed by atoms with Gasteiger partial charge in [-0.05, 0) is 67.6 Å². The van der Waals surface area contributed by atoms with Crippen LogP contribution in [0, 0.1) is 0 Å². The third-order valence-electron chi connectivity index (χ3n) is 5.78. The summed E-state index contributed by atoms with van der Waals surface area (Å²) in [5.41, 5.74) is 1.95. The molecule has 0 saturated carbocycles. The van der Waals surface area contributed by atoms with Gasteiger partial charge in [-0.15, -0.1) is 0 Å². The van der Waals surface area contributed by atoms with Crippen LogP contribution in [-0.2, 0) is 10.0 Å². The molecule has 0 N–H and O–H groups in total. The van der Waals surface area contributed by atoms with Gasteiger partial charge in [0.15, 0.2) is 0 Å². The zero-order chi connectivity index (χ0) is 22.7. The van der Waals surface area contributed by atoms with Crippen molar-refractivity contribution in [3.8, 4) is 17.1 Å². The maximum atomic E-state index is 13.2. The molecule has 0 unspecified atom stereocenters. The number of benzene rings is 2. The molecule has 1 aliphatic heterocycles. The van der Waals surface area contributed by atoms with Crippen molar-refractivity contribution in [1.82, 2.24) is 14.4 Å². The van der Waals surface area contributed by atoms with Crippen LogP contribution in [0.5, 0.6) is 5.75 Å². The van der Waals surface area contributed by atoms with E-state index >= 15 is 0 Å². The lowest BCUT2D eigenvalue weighted by molar-refractivity contribution is 0.265. The molecule has 1 aromatic heterocycles. The van der Waals surface area contributed by atoms with E-state index in [1.807, 2.05) is 43.3 Å². The first-order valence-electron chi connectivity index (χ1n) is 11.1. The summed E-state index contributed by atoms with van der Waals surface area (Å²) in [4.78, 5) is 4.88. The first kappa shape index (κ1) is 22.5. The number of ether oxygens (including phenoxy) is 1. The van der Waals surface area contributed by atoms with Crippen LogP contribution in [0.3, 0.4) is 0 Å². The van der Waals surface area contributed by atoms with Crippen LogP contribution in [0.15, 0.2) is 57.9 Å². The Bertz CT molecular complexity index is 1140. The average Bonchev–Trinajstić information content (AvgIpc) is 3.30. The van der Waals surface area contributed by atoms with Crippen molar-refractivity contribution < 1.29 is 17.7 Å². The van der Waals surface area contributed by atoms with Gasteiger partial charge in [0.1, 0.15) is 5.75 Å². The van der Waals surface area contributed by atoms with Gasteiger partial charge in [-0.25, -0.2) is 8.42 Å². The molecule has 1 fully saturated rings. The number of aromatic nitrogens is 2. The van der Waals surface area contributed by atoms with Crippen LogP contribution in [-0.4, -0.2) is 42.6 Å². The van der Waals surface area contributed by atoms with Gasteiger partial charge in [0.25, 0.3) is 0 Å². The highest BCUT2D eigenvalue weighted by molar-refractivity contribution is 7.89. The van der Waals surface area contributed by atoms with Crippen LogP contribution in [0.1, 0.15) is 56.9 Å². The predicted molar refractivity (Wildman–Crippen MR) is 122 cm³/mol. The third-order valence-corrected chi connectivity index (χ3v) is 7.66. The second kappa shape index (κ2) is 9.42. The average molecular weight is 456 g/mol. The number of piperidine rings is 1. The summed E-state index contributed by atoms with van der Waals surface area (Å²) < 4.78 is 38.9. The SMILES string of the molecule is CCOc1ccc(-c2noc([C@H]3CCCN(S(=O)(=O)c4ccc(C(C)C)cc4)C3)n2)cc1. The maximum absolute atomic E-state index is 13.2.